The fourth-order valence-electron chi connectivity index (χ4n) is 2.88. The van der Waals surface area contributed by atoms with Crippen molar-refractivity contribution in [2.75, 3.05) is 11.9 Å². The first-order chi connectivity index (χ1) is 11.1. The Kier molecular flexibility index (Phi) is 4.35. The summed E-state index contributed by atoms with van der Waals surface area (Å²) in [4.78, 5) is 0. The van der Waals surface area contributed by atoms with Crippen LogP contribution in [0.4, 0.5) is 5.69 Å². The van der Waals surface area contributed by atoms with Crippen LogP contribution in [0.25, 0.3) is 21.8 Å². The smallest absolute Gasteiger partial charge is 0.171 e. The first kappa shape index (κ1) is 15.6. The molecule has 0 aliphatic carbocycles. The van der Waals surface area contributed by atoms with E-state index in [2.05, 4.69) is 71.2 Å². The van der Waals surface area contributed by atoms with Crippen LogP contribution in [-0.2, 0) is 6.54 Å². The van der Waals surface area contributed by atoms with E-state index in [9.17, 15) is 0 Å². The molecular weight excluding hydrogens is 302 g/mol. The zero-order chi connectivity index (χ0) is 16.4. The number of anilines is 1. The van der Waals surface area contributed by atoms with Crippen LogP contribution >= 0.6 is 12.2 Å². The molecule has 0 amide bonds. The second kappa shape index (κ2) is 6.42. The summed E-state index contributed by atoms with van der Waals surface area (Å²) in [5, 5.41) is 9.53. The van der Waals surface area contributed by atoms with Gasteiger partial charge in [0.1, 0.15) is 0 Å². The largest absolute Gasteiger partial charge is 0.359 e. The van der Waals surface area contributed by atoms with E-state index in [4.69, 9.17) is 12.2 Å². The highest BCUT2D eigenvalue weighted by atomic mass is 32.1. The van der Waals surface area contributed by atoms with Crippen LogP contribution in [0, 0.1) is 0 Å². The van der Waals surface area contributed by atoms with Crippen LogP contribution in [0.2, 0.25) is 0 Å². The second-order valence-corrected chi connectivity index (χ2v) is 6.17. The number of fused-ring (bicyclic) bond motifs is 3. The molecule has 0 atom stereocenters. The zero-order valence-electron chi connectivity index (χ0n) is 13.5. The summed E-state index contributed by atoms with van der Waals surface area (Å²) in [7, 11) is 0. The summed E-state index contributed by atoms with van der Waals surface area (Å²) >= 11 is 5.33. The van der Waals surface area contributed by atoms with Crippen LogP contribution in [0.15, 0.2) is 54.6 Å². The minimum atomic E-state index is 0.617. The van der Waals surface area contributed by atoms with Gasteiger partial charge in [-0.25, -0.2) is 0 Å². The minimum absolute atomic E-state index is 0.617. The van der Waals surface area contributed by atoms with Crippen LogP contribution in [0.3, 0.4) is 0 Å². The van der Waals surface area contributed by atoms with E-state index >= 15 is 0 Å². The number of para-hydroxylation sites is 1. The lowest BCUT2D eigenvalue weighted by molar-refractivity contribution is 0.827. The van der Waals surface area contributed by atoms with Gasteiger partial charge in [-0.15, -0.1) is 0 Å². The Hall–Kier alpha value is -2.33. The summed E-state index contributed by atoms with van der Waals surface area (Å²) < 4.78 is 2.34. The molecule has 3 aromatic rings. The summed E-state index contributed by atoms with van der Waals surface area (Å²) in [6.07, 6.45) is 0. The van der Waals surface area contributed by atoms with Crippen molar-refractivity contribution in [1.82, 2.24) is 9.88 Å². The molecule has 118 valence electrons. The minimum Gasteiger partial charge on any atom is -0.359 e. The second-order valence-electron chi connectivity index (χ2n) is 5.76. The molecular formula is C19H21N3S. The van der Waals surface area contributed by atoms with Gasteiger partial charge in [-0.2, -0.15) is 0 Å². The highest BCUT2D eigenvalue weighted by Crippen LogP contribution is 2.30. The number of aryl methyl sites for hydroxylation is 1. The molecule has 0 bridgehead atoms. The lowest BCUT2D eigenvalue weighted by Crippen LogP contribution is -2.29. The van der Waals surface area contributed by atoms with E-state index in [1.165, 1.54) is 21.8 Å². The van der Waals surface area contributed by atoms with Gasteiger partial charge in [0.2, 0.25) is 0 Å². The molecule has 0 saturated carbocycles. The third-order valence-corrected chi connectivity index (χ3v) is 4.14. The molecule has 4 heteroatoms. The molecule has 3 rings (SSSR count). The van der Waals surface area contributed by atoms with Crippen molar-refractivity contribution in [1.29, 1.82) is 0 Å². The van der Waals surface area contributed by atoms with E-state index in [-0.39, 0.29) is 0 Å². The number of hydrogen-bond acceptors (Lipinski definition) is 1. The molecule has 0 radical (unpaired) electrons. The predicted molar refractivity (Wildman–Crippen MR) is 104 cm³/mol. The van der Waals surface area contributed by atoms with Gasteiger partial charge < -0.3 is 15.2 Å². The highest BCUT2D eigenvalue weighted by Gasteiger charge is 2.09. The van der Waals surface area contributed by atoms with Gasteiger partial charge in [-0.05, 0) is 50.3 Å². The zero-order valence-corrected chi connectivity index (χ0v) is 14.3. The summed E-state index contributed by atoms with van der Waals surface area (Å²) in [6, 6.07) is 14.9. The number of nitrogens with one attached hydrogen (secondary N) is 2. The van der Waals surface area contributed by atoms with Crippen LogP contribution < -0.4 is 10.6 Å². The quantitative estimate of drug-likeness (QED) is 0.540. The SMILES string of the molecule is C=C(C)CNC(=S)Nc1ccc2c(c1)c1ccccc1n2CC. The molecule has 1 aromatic heterocycles. The number of aromatic nitrogens is 1. The number of hydrogen-bond donors (Lipinski definition) is 2. The Morgan fingerprint density at radius 1 is 1.13 bits per heavy atom. The summed E-state index contributed by atoms with van der Waals surface area (Å²) in [5.41, 5.74) is 4.57. The molecule has 0 spiro atoms. The molecule has 2 aromatic carbocycles. The Bertz CT molecular complexity index is 892. The normalized spacial score (nSPS) is 10.9. The molecule has 1 heterocycles. The van der Waals surface area contributed by atoms with E-state index < -0.39 is 0 Å². The number of benzene rings is 2. The Labute approximate surface area is 142 Å². The van der Waals surface area contributed by atoms with Gasteiger partial charge in [0.15, 0.2) is 5.11 Å². The van der Waals surface area contributed by atoms with Gasteiger partial charge >= 0.3 is 0 Å². The first-order valence-electron chi connectivity index (χ1n) is 7.80. The third kappa shape index (κ3) is 3.08. The van der Waals surface area contributed by atoms with E-state index in [0.29, 0.717) is 11.7 Å². The van der Waals surface area contributed by atoms with Gasteiger partial charge in [0.05, 0.1) is 0 Å². The maximum Gasteiger partial charge on any atom is 0.171 e. The van der Waals surface area contributed by atoms with Crippen molar-refractivity contribution >= 4 is 44.8 Å². The average molecular weight is 323 g/mol. The van der Waals surface area contributed by atoms with Gasteiger partial charge in [-0.1, -0.05) is 30.4 Å². The van der Waals surface area contributed by atoms with Gasteiger partial charge in [0.25, 0.3) is 0 Å². The van der Waals surface area contributed by atoms with Crippen molar-refractivity contribution < 1.29 is 0 Å². The Morgan fingerprint density at radius 2 is 1.87 bits per heavy atom. The third-order valence-electron chi connectivity index (χ3n) is 3.90. The van der Waals surface area contributed by atoms with E-state index in [1.807, 2.05) is 6.92 Å². The maximum absolute atomic E-state index is 5.33. The van der Waals surface area contributed by atoms with Gasteiger partial charge in [0, 0.05) is 40.6 Å². The maximum atomic E-state index is 5.33. The van der Waals surface area contributed by atoms with Crippen molar-refractivity contribution in [2.24, 2.45) is 0 Å². The fraction of sp³-hybridized carbons (Fsp3) is 0.211. The summed E-state index contributed by atoms with van der Waals surface area (Å²) in [6.45, 7) is 9.65. The summed E-state index contributed by atoms with van der Waals surface area (Å²) in [5.74, 6) is 0. The molecule has 3 nitrogen and oxygen atoms in total. The van der Waals surface area contributed by atoms with Crippen molar-refractivity contribution in [3.63, 3.8) is 0 Å². The van der Waals surface area contributed by atoms with E-state index in [0.717, 1.165) is 17.8 Å². The number of thiocarbonyl (C=S) groups is 1. The van der Waals surface area contributed by atoms with Crippen LogP contribution in [-0.4, -0.2) is 16.2 Å². The predicted octanol–water partition coefficient (Wildman–Crippen LogP) is 4.68. The topological polar surface area (TPSA) is 29.0 Å². The lowest BCUT2D eigenvalue weighted by atomic mass is 10.1. The van der Waals surface area contributed by atoms with Crippen molar-refractivity contribution in [3.05, 3.63) is 54.6 Å². The van der Waals surface area contributed by atoms with Gasteiger partial charge in [-0.3, -0.25) is 0 Å². The first-order valence-corrected chi connectivity index (χ1v) is 8.21. The molecule has 0 aliphatic rings. The standard InChI is InChI=1S/C19H21N3S/c1-4-22-17-8-6-5-7-15(17)16-11-14(9-10-18(16)22)21-19(23)20-12-13(2)3/h5-11H,2,4,12H2,1,3H3,(H2,20,21,23). The van der Waals surface area contributed by atoms with Crippen molar-refractivity contribution in [3.8, 4) is 0 Å². The highest BCUT2D eigenvalue weighted by molar-refractivity contribution is 7.80. The molecule has 23 heavy (non-hydrogen) atoms. The Balaban J connectivity index is 1.97. The monoisotopic (exact) mass is 323 g/mol. The molecule has 0 aliphatic heterocycles. The number of rotatable bonds is 4. The lowest BCUT2D eigenvalue weighted by Gasteiger charge is -2.11. The van der Waals surface area contributed by atoms with Crippen molar-refractivity contribution in [2.45, 2.75) is 20.4 Å². The van der Waals surface area contributed by atoms with E-state index in [1.54, 1.807) is 0 Å². The average Bonchev–Trinajstić information content (AvgIpc) is 2.86. The van der Waals surface area contributed by atoms with Crippen LogP contribution in [0.5, 0.6) is 0 Å². The Morgan fingerprint density at radius 3 is 2.61 bits per heavy atom. The molecule has 0 fully saturated rings. The molecule has 2 N–H and O–H groups in total. The van der Waals surface area contributed by atoms with Crippen LogP contribution in [0.1, 0.15) is 13.8 Å². The molecule has 0 unspecified atom stereocenters. The molecule has 0 saturated heterocycles. The number of nitrogens with zero attached hydrogens (tertiary/aromatic N) is 1. The fourth-order valence-corrected chi connectivity index (χ4v) is 3.07.